The number of amides is 1. The zero-order valence-electron chi connectivity index (χ0n) is 16.6. The van der Waals surface area contributed by atoms with Gasteiger partial charge in [0.15, 0.2) is 5.13 Å². The molecule has 2 heterocycles. The number of nitrogens with zero attached hydrogens (tertiary/aromatic N) is 3. The predicted molar refractivity (Wildman–Crippen MR) is 116 cm³/mol. The largest absolute Gasteiger partial charge is 0.491 e. The van der Waals surface area contributed by atoms with Crippen molar-refractivity contribution in [2.24, 2.45) is 5.73 Å². The van der Waals surface area contributed by atoms with E-state index in [0.29, 0.717) is 12.0 Å². The van der Waals surface area contributed by atoms with Crippen molar-refractivity contribution in [2.45, 2.75) is 33.3 Å². The van der Waals surface area contributed by atoms with Crippen LogP contribution in [-0.4, -0.2) is 36.1 Å². The molecule has 28 heavy (non-hydrogen) atoms. The molecule has 1 aromatic carbocycles. The van der Waals surface area contributed by atoms with E-state index < -0.39 is 5.91 Å². The van der Waals surface area contributed by atoms with Gasteiger partial charge in [-0.05, 0) is 39.0 Å². The Balaban J connectivity index is 1.90. The number of carbonyl (C=O) groups is 1. The summed E-state index contributed by atoms with van der Waals surface area (Å²) in [6.45, 7) is 5.95. The molecule has 0 aliphatic rings. The molecule has 0 saturated carbocycles. The summed E-state index contributed by atoms with van der Waals surface area (Å²) in [4.78, 5) is 24.1. The number of ether oxygens (including phenoxy) is 1. The van der Waals surface area contributed by atoms with Crippen LogP contribution >= 0.6 is 22.7 Å². The third-order valence-corrected chi connectivity index (χ3v) is 6.20. The SMILES string of the molecule is Cc1nc(N(C)C)sc1-c1csc(Cc2cc(C(N)=O)ccc2OC(C)C)n1. The lowest BCUT2D eigenvalue weighted by Crippen LogP contribution is -2.13. The Morgan fingerprint density at radius 1 is 1.29 bits per heavy atom. The molecule has 0 aliphatic carbocycles. The first kappa shape index (κ1) is 20.3. The van der Waals surface area contributed by atoms with Crippen molar-refractivity contribution in [1.82, 2.24) is 9.97 Å². The highest BCUT2D eigenvalue weighted by atomic mass is 32.1. The van der Waals surface area contributed by atoms with Gasteiger partial charge in [-0.2, -0.15) is 0 Å². The van der Waals surface area contributed by atoms with Crippen molar-refractivity contribution < 1.29 is 9.53 Å². The van der Waals surface area contributed by atoms with Gasteiger partial charge in [0.05, 0.1) is 27.4 Å². The highest BCUT2D eigenvalue weighted by Crippen LogP contribution is 2.35. The number of aromatic nitrogens is 2. The number of primary amides is 1. The molecular weight excluding hydrogens is 392 g/mol. The Labute approximate surface area is 173 Å². The maximum absolute atomic E-state index is 11.6. The van der Waals surface area contributed by atoms with Crippen molar-refractivity contribution in [3.63, 3.8) is 0 Å². The lowest BCUT2D eigenvalue weighted by atomic mass is 10.1. The number of hydrogen-bond acceptors (Lipinski definition) is 7. The third kappa shape index (κ3) is 4.51. The molecule has 3 rings (SSSR count). The molecule has 0 fully saturated rings. The summed E-state index contributed by atoms with van der Waals surface area (Å²) in [5, 5.41) is 3.96. The van der Waals surface area contributed by atoms with E-state index in [1.54, 1.807) is 40.9 Å². The van der Waals surface area contributed by atoms with Crippen molar-refractivity contribution in [2.75, 3.05) is 19.0 Å². The lowest BCUT2D eigenvalue weighted by molar-refractivity contribution is 0.1000. The summed E-state index contributed by atoms with van der Waals surface area (Å²) < 4.78 is 5.90. The van der Waals surface area contributed by atoms with Crippen molar-refractivity contribution in [1.29, 1.82) is 0 Å². The molecule has 0 saturated heterocycles. The van der Waals surface area contributed by atoms with Gasteiger partial charge in [0.1, 0.15) is 5.75 Å². The first-order valence-electron chi connectivity index (χ1n) is 8.93. The van der Waals surface area contributed by atoms with Crippen LogP contribution in [0.2, 0.25) is 0 Å². The Kier molecular flexibility index (Phi) is 6.00. The van der Waals surface area contributed by atoms with Gasteiger partial charge in [-0.25, -0.2) is 9.97 Å². The average Bonchev–Trinajstić information content (AvgIpc) is 3.22. The highest BCUT2D eigenvalue weighted by molar-refractivity contribution is 7.19. The van der Waals surface area contributed by atoms with E-state index in [2.05, 4.69) is 10.4 Å². The number of thiazole rings is 2. The molecule has 2 aromatic heterocycles. The second-order valence-corrected chi connectivity index (χ2v) is 8.88. The summed E-state index contributed by atoms with van der Waals surface area (Å²) in [5.41, 5.74) is 8.73. The minimum Gasteiger partial charge on any atom is -0.491 e. The third-order valence-electron chi connectivity index (χ3n) is 4.00. The average molecular weight is 417 g/mol. The van der Waals surface area contributed by atoms with Gasteiger partial charge in [0, 0.05) is 37.0 Å². The molecule has 0 aliphatic heterocycles. The van der Waals surface area contributed by atoms with E-state index in [0.717, 1.165) is 37.7 Å². The van der Waals surface area contributed by atoms with E-state index in [4.69, 9.17) is 15.5 Å². The topological polar surface area (TPSA) is 81.3 Å². The van der Waals surface area contributed by atoms with Crippen LogP contribution in [0.1, 0.15) is 40.5 Å². The molecule has 8 heteroatoms. The van der Waals surface area contributed by atoms with E-state index in [-0.39, 0.29) is 6.10 Å². The first-order valence-corrected chi connectivity index (χ1v) is 10.6. The van der Waals surface area contributed by atoms with Gasteiger partial charge in [0.2, 0.25) is 5.91 Å². The Morgan fingerprint density at radius 2 is 2.04 bits per heavy atom. The Morgan fingerprint density at radius 3 is 2.64 bits per heavy atom. The van der Waals surface area contributed by atoms with Crippen LogP contribution in [0.4, 0.5) is 5.13 Å². The molecule has 3 aromatic rings. The Bertz CT molecular complexity index is 992. The van der Waals surface area contributed by atoms with Crippen LogP contribution in [0.25, 0.3) is 10.6 Å². The van der Waals surface area contributed by atoms with Gasteiger partial charge in [-0.15, -0.1) is 11.3 Å². The van der Waals surface area contributed by atoms with Crippen molar-refractivity contribution in [3.8, 4) is 16.3 Å². The second kappa shape index (κ2) is 8.28. The van der Waals surface area contributed by atoms with Crippen LogP contribution in [-0.2, 0) is 6.42 Å². The van der Waals surface area contributed by atoms with E-state index in [1.807, 2.05) is 39.8 Å². The minimum atomic E-state index is -0.450. The number of carbonyl (C=O) groups excluding carboxylic acids is 1. The predicted octanol–water partition coefficient (Wildman–Crippen LogP) is 4.12. The van der Waals surface area contributed by atoms with Crippen LogP contribution in [0.5, 0.6) is 5.75 Å². The lowest BCUT2D eigenvalue weighted by Gasteiger charge is -2.14. The number of aryl methyl sites for hydroxylation is 1. The molecule has 0 bridgehead atoms. The molecule has 148 valence electrons. The van der Waals surface area contributed by atoms with Crippen LogP contribution in [0.3, 0.4) is 0 Å². The number of anilines is 1. The van der Waals surface area contributed by atoms with Crippen molar-refractivity contribution >= 4 is 33.7 Å². The summed E-state index contributed by atoms with van der Waals surface area (Å²) >= 11 is 3.22. The van der Waals surface area contributed by atoms with Gasteiger partial charge < -0.3 is 15.4 Å². The van der Waals surface area contributed by atoms with Crippen molar-refractivity contribution in [3.05, 3.63) is 45.4 Å². The van der Waals surface area contributed by atoms with E-state index in [1.165, 1.54) is 0 Å². The summed E-state index contributed by atoms with van der Waals surface area (Å²) in [6.07, 6.45) is 0.612. The number of rotatable bonds is 7. The Hall–Kier alpha value is -2.45. The molecule has 1 amide bonds. The standard InChI is InChI=1S/C20H24N4O2S2/c1-11(2)26-16-7-6-13(19(21)25)8-14(16)9-17-23-15(10-27-17)18-12(3)22-20(28-18)24(4)5/h6-8,10-11H,9H2,1-5H3,(H2,21,25). The maximum atomic E-state index is 11.6. The fourth-order valence-electron chi connectivity index (χ4n) is 2.71. The molecule has 0 radical (unpaired) electrons. The van der Waals surface area contributed by atoms with E-state index >= 15 is 0 Å². The fraction of sp³-hybridized carbons (Fsp3) is 0.350. The van der Waals surface area contributed by atoms with E-state index in [9.17, 15) is 4.79 Å². The monoisotopic (exact) mass is 416 g/mol. The quantitative estimate of drug-likeness (QED) is 0.627. The van der Waals surface area contributed by atoms with Gasteiger partial charge in [0.25, 0.3) is 0 Å². The fourth-order valence-corrected chi connectivity index (χ4v) is 4.54. The molecule has 0 atom stereocenters. The number of hydrogen-bond donors (Lipinski definition) is 1. The number of benzene rings is 1. The second-order valence-electron chi connectivity index (χ2n) is 6.96. The summed E-state index contributed by atoms with van der Waals surface area (Å²) in [5.74, 6) is 0.300. The maximum Gasteiger partial charge on any atom is 0.248 e. The van der Waals surface area contributed by atoms with Crippen LogP contribution in [0.15, 0.2) is 23.6 Å². The zero-order chi connectivity index (χ0) is 20.4. The molecular formula is C20H24N4O2S2. The van der Waals surface area contributed by atoms with Gasteiger partial charge in [-0.3, -0.25) is 4.79 Å². The molecule has 0 unspecified atom stereocenters. The zero-order valence-corrected chi connectivity index (χ0v) is 18.3. The number of nitrogens with two attached hydrogens (primary N) is 1. The highest BCUT2D eigenvalue weighted by Gasteiger charge is 2.16. The first-order chi connectivity index (χ1) is 13.2. The summed E-state index contributed by atoms with van der Waals surface area (Å²) in [7, 11) is 3.97. The van der Waals surface area contributed by atoms with Crippen LogP contribution < -0.4 is 15.4 Å². The van der Waals surface area contributed by atoms with Crippen LogP contribution in [0, 0.1) is 6.92 Å². The minimum absolute atomic E-state index is 0.0364. The molecule has 6 nitrogen and oxygen atoms in total. The smallest absolute Gasteiger partial charge is 0.248 e. The molecule has 2 N–H and O–H groups in total. The summed E-state index contributed by atoms with van der Waals surface area (Å²) in [6, 6.07) is 5.30. The molecule has 0 spiro atoms. The normalized spacial score (nSPS) is 11.1. The van der Waals surface area contributed by atoms with Gasteiger partial charge in [-0.1, -0.05) is 11.3 Å². The van der Waals surface area contributed by atoms with Gasteiger partial charge >= 0.3 is 0 Å².